The zero-order chi connectivity index (χ0) is 15.0. The zero-order valence-electron chi connectivity index (χ0n) is 12.7. The maximum Gasteiger partial charge on any atom is 0.119 e. The van der Waals surface area contributed by atoms with Gasteiger partial charge in [-0.3, -0.25) is 0 Å². The first-order chi connectivity index (χ1) is 9.48. The van der Waals surface area contributed by atoms with Crippen LogP contribution in [0.25, 0.3) is 0 Å². The van der Waals surface area contributed by atoms with Gasteiger partial charge >= 0.3 is 0 Å². The van der Waals surface area contributed by atoms with Gasteiger partial charge in [0.25, 0.3) is 0 Å². The number of nitrogens with zero attached hydrogens (tertiary/aromatic N) is 1. The van der Waals surface area contributed by atoms with E-state index in [9.17, 15) is 5.11 Å². The fourth-order valence-corrected chi connectivity index (χ4v) is 1.94. The highest BCUT2D eigenvalue weighted by atomic mass is 16.5. The van der Waals surface area contributed by atoms with Crippen molar-refractivity contribution in [3.05, 3.63) is 29.8 Å². The number of hydrogen-bond acceptors (Lipinski definition) is 3. The molecular formula is C17H25NO2. The topological polar surface area (TPSA) is 53.2 Å². The molecule has 0 aromatic heterocycles. The van der Waals surface area contributed by atoms with Gasteiger partial charge in [-0.25, -0.2) is 0 Å². The molecule has 20 heavy (non-hydrogen) atoms. The molecule has 0 heterocycles. The van der Waals surface area contributed by atoms with E-state index in [4.69, 9.17) is 10.00 Å². The summed E-state index contributed by atoms with van der Waals surface area (Å²) >= 11 is 0. The first-order valence-corrected chi connectivity index (χ1v) is 7.30. The van der Waals surface area contributed by atoms with Crippen LogP contribution in [0, 0.1) is 16.7 Å². The molecule has 0 amide bonds. The van der Waals surface area contributed by atoms with E-state index in [0.29, 0.717) is 6.61 Å². The number of ether oxygens (including phenoxy) is 1. The molecule has 1 aromatic rings. The molecule has 0 unspecified atom stereocenters. The number of aliphatic hydroxyl groups is 1. The van der Waals surface area contributed by atoms with Gasteiger partial charge in [0, 0.05) is 0 Å². The normalized spacial score (nSPS) is 12.8. The van der Waals surface area contributed by atoms with Crippen LogP contribution in [0.3, 0.4) is 0 Å². The lowest BCUT2D eigenvalue weighted by Crippen LogP contribution is -2.08. The number of benzene rings is 1. The van der Waals surface area contributed by atoms with E-state index in [1.807, 2.05) is 45.0 Å². The van der Waals surface area contributed by atoms with Crippen LogP contribution in [0.4, 0.5) is 0 Å². The Bertz CT molecular complexity index is 431. The van der Waals surface area contributed by atoms with E-state index < -0.39 is 6.10 Å². The summed E-state index contributed by atoms with van der Waals surface area (Å²) in [7, 11) is 0. The first kappa shape index (κ1) is 16.5. The van der Waals surface area contributed by atoms with E-state index in [1.54, 1.807) is 0 Å². The van der Waals surface area contributed by atoms with E-state index in [1.165, 1.54) is 0 Å². The Hall–Kier alpha value is -1.53. The molecule has 0 radical (unpaired) electrons. The molecule has 0 spiro atoms. The van der Waals surface area contributed by atoms with Crippen molar-refractivity contribution < 1.29 is 9.84 Å². The molecule has 0 aliphatic heterocycles. The van der Waals surface area contributed by atoms with Gasteiger partial charge in [0.1, 0.15) is 5.75 Å². The number of rotatable bonds is 8. The molecule has 110 valence electrons. The summed E-state index contributed by atoms with van der Waals surface area (Å²) in [4.78, 5) is 0. The largest absolute Gasteiger partial charge is 0.494 e. The molecule has 0 aliphatic rings. The fourth-order valence-electron chi connectivity index (χ4n) is 1.94. The number of aliphatic hydroxyl groups excluding tert-OH is 1. The maximum atomic E-state index is 9.70. The molecular weight excluding hydrogens is 250 g/mol. The van der Waals surface area contributed by atoms with Crippen molar-refractivity contribution in [3.63, 3.8) is 0 Å². The van der Waals surface area contributed by atoms with E-state index >= 15 is 0 Å². The van der Waals surface area contributed by atoms with Crippen molar-refractivity contribution in [1.82, 2.24) is 0 Å². The third kappa shape index (κ3) is 5.63. The second kappa shape index (κ2) is 7.91. The van der Waals surface area contributed by atoms with Gasteiger partial charge in [0.15, 0.2) is 0 Å². The number of unbranched alkanes of at least 4 members (excludes halogenated alkanes) is 1. The van der Waals surface area contributed by atoms with Crippen LogP contribution in [0.1, 0.15) is 58.1 Å². The van der Waals surface area contributed by atoms with Gasteiger partial charge < -0.3 is 9.84 Å². The summed E-state index contributed by atoms with van der Waals surface area (Å²) in [5, 5.41) is 18.6. The van der Waals surface area contributed by atoms with Crippen LogP contribution >= 0.6 is 0 Å². The van der Waals surface area contributed by atoms with E-state index in [-0.39, 0.29) is 5.41 Å². The Morgan fingerprint density at radius 3 is 2.45 bits per heavy atom. The summed E-state index contributed by atoms with van der Waals surface area (Å²) in [6.45, 7) is 6.55. The SMILES string of the molecule is CC[C@@H](O)c1ccc(OCCCCC(C)(C)C#N)cc1. The lowest BCUT2D eigenvalue weighted by atomic mass is 9.89. The summed E-state index contributed by atoms with van der Waals surface area (Å²) < 4.78 is 5.66. The van der Waals surface area contributed by atoms with Gasteiger partial charge in [0.05, 0.1) is 24.2 Å². The highest BCUT2D eigenvalue weighted by molar-refractivity contribution is 5.28. The van der Waals surface area contributed by atoms with Crippen molar-refractivity contribution in [3.8, 4) is 11.8 Å². The minimum Gasteiger partial charge on any atom is -0.494 e. The minimum absolute atomic E-state index is 0.238. The molecule has 1 rings (SSSR count). The average Bonchev–Trinajstić information content (AvgIpc) is 2.46. The third-order valence-corrected chi connectivity index (χ3v) is 3.42. The summed E-state index contributed by atoms with van der Waals surface area (Å²) in [5.41, 5.74) is 0.688. The summed E-state index contributed by atoms with van der Waals surface area (Å²) in [6, 6.07) is 9.91. The molecule has 1 aromatic carbocycles. The molecule has 1 atom stereocenters. The van der Waals surface area contributed by atoms with Gasteiger partial charge in [0.2, 0.25) is 0 Å². The third-order valence-electron chi connectivity index (χ3n) is 3.42. The molecule has 3 heteroatoms. The highest BCUT2D eigenvalue weighted by Gasteiger charge is 2.15. The second-order valence-corrected chi connectivity index (χ2v) is 5.79. The minimum atomic E-state index is -0.391. The summed E-state index contributed by atoms with van der Waals surface area (Å²) in [6.07, 6.45) is 3.17. The van der Waals surface area contributed by atoms with E-state index in [2.05, 4.69) is 6.07 Å². The molecule has 0 saturated carbocycles. The van der Waals surface area contributed by atoms with Crippen LogP contribution in [-0.4, -0.2) is 11.7 Å². The van der Waals surface area contributed by atoms with Crippen molar-refractivity contribution in [2.75, 3.05) is 6.61 Å². The highest BCUT2D eigenvalue weighted by Crippen LogP contribution is 2.22. The zero-order valence-corrected chi connectivity index (χ0v) is 12.7. The molecule has 0 bridgehead atoms. The number of nitriles is 1. The maximum absolute atomic E-state index is 9.70. The Balaban J connectivity index is 2.28. The average molecular weight is 275 g/mol. The van der Waals surface area contributed by atoms with Crippen molar-refractivity contribution in [2.24, 2.45) is 5.41 Å². The number of hydrogen-bond donors (Lipinski definition) is 1. The van der Waals surface area contributed by atoms with Gasteiger partial charge in [-0.05, 0) is 57.2 Å². The lowest BCUT2D eigenvalue weighted by Gasteiger charge is -2.14. The van der Waals surface area contributed by atoms with Gasteiger partial charge in [-0.2, -0.15) is 5.26 Å². The van der Waals surface area contributed by atoms with E-state index in [0.717, 1.165) is 37.0 Å². The van der Waals surface area contributed by atoms with Gasteiger partial charge in [-0.15, -0.1) is 0 Å². The molecule has 0 aliphatic carbocycles. The van der Waals surface area contributed by atoms with Crippen molar-refractivity contribution in [2.45, 2.75) is 52.6 Å². The quantitative estimate of drug-likeness (QED) is 0.722. The second-order valence-electron chi connectivity index (χ2n) is 5.79. The molecule has 3 nitrogen and oxygen atoms in total. The lowest BCUT2D eigenvalue weighted by molar-refractivity contribution is 0.173. The monoisotopic (exact) mass is 275 g/mol. The smallest absolute Gasteiger partial charge is 0.119 e. The molecule has 1 N–H and O–H groups in total. The first-order valence-electron chi connectivity index (χ1n) is 7.30. The standard InChI is InChI=1S/C17H25NO2/c1-4-16(19)14-7-9-15(10-8-14)20-12-6-5-11-17(2,3)13-18/h7-10,16,19H,4-6,11-12H2,1-3H3/t16-/m1/s1. The van der Waals surface area contributed by atoms with Crippen molar-refractivity contribution in [1.29, 1.82) is 5.26 Å². The predicted octanol–water partition coefficient (Wildman–Crippen LogP) is 4.23. The Kier molecular flexibility index (Phi) is 6.54. The van der Waals surface area contributed by atoms with Crippen LogP contribution in [0.5, 0.6) is 5.75 Å². The van der Waals surface area contributed by atoms with Crippen LogP contribution in [-0.2, 0) is 0 Å². The summed E-state index contributed by atoms with van der Waals surface area (Å²) in [5.74, 6) is 0.830. The van der Waals surface area contributed by atoms with Crippen LogP contribution in [0.2, 0.25) is 0 Å². The fraction of sp³-hybridized carbons (Fsp3) is 0.588. The van der Waals surface area contributed by atoms with Gasteiger partial charge in [-0.1, -0.05) is 19.1 Å². The molecule has 0 fully saturated rings. The van der Waals surface area contributed by atoms with Crippen LogP contribution in [0.15, 0.2) is 24.3 Å². The van der Waals surface area contributed by atoms with Crippen LogP contribution < -0.4 is 4.74 Å². The Labute approximate surface area is 122 Å². The Morgan fingerprint density at radius 1 is 1.25 bits per heavy atom. The Morgan fingerprint density at radius 2 is 1.90 bits per heavy atom. The predicted molar refractivity (Wildman–Crippen MR) is 80.4 cm³/mol. The molecule has 0 saturated heterocycles. The van der Waals surface area contributed by atoms with Crippen molar-refractivity contribution >= 4 is 0 Å².